The molecule has 2 heterocycles. The molecule has 5 nitrogen and oxygen atoms in total. The molecule has 1 aromatic carbocycles. The number of hydrogen-bond acceptors (Lipinski definition) is 3. The normalized spacial score (nSPS) is 27.2. The maximum atomic E-state index is 13.7. The Morgan fingerprint density at radius 2 is 2.21 bits per heavy atom. The van der Waals surface area contributed by atoms with Crippen molar-refractivity contribution in [1.29, 1.82) is 0 Å². The Bertz CT molecular complexity index is 636. The molecular weight excluding hydrogens is 311 g/mol. The van der Waals surface area contributed by atoms with Gasteiger partial charge in [-0.05, 0) is 37.3 Å². The molecule has 130 valence electrons. The molecule has 2 fully saturated rings. The van der Waals surface area contributed by atoms with Gasteiger partial charge >= 0.3 is 0 Å². The van der Waals surface area contributed by atoms with Crippen molar-refractivity contribution < 1.29 is 19.1 Å². The molecule has 1 spiro atoms. The van der Waals surface area contributed by atoms with Crippen LogP contribution in [0.3, 0.4) is 0 Å². The molecular formula is C18H23FN2O3. The number of rotatable bonds is 3. The molecule has 2 aliphatic heterocycles. The van der Waals surface area contributed by atoms with Crippen LogP contribution in [0.5, 0.6) is 0 Å². The number of carbonyl (C=O) groups excluding carboxylic acids is 2. The number of aliphatic hydroxyl groups excluding tert-OH is 1. The van der Waals surface area contributed by atoms with Crippen molar-refractivity contribution in [2.24, 2.45) is 5.41 Å². The lowest BCUT2D eigenvalue weighted by Gasteiger charge is -2.46. The van der Waals surface area contributed by atoms with Crippen molar-refractivity contribution in [3.63, 3.8) is 0 Å². The van der Waals surface area contributed by atoms with Gasteiger partial charge in [-0.3, -0.25) is 9.59 Å². The molecule has 2 N–H and O–H groups in total. The van der Waals surface area contributed by atoms with Gasteiger partial charge in [0.1, 0.15) is 5.82 Å². The largest absolute Gasteiger partial charge is 0.392 e. The van der Waals surface area contributed by atoms with Crippen LogP contribution >= 0.6 is 0 Å². The molecule has 6 heteroatoms. The summed E-state index contributed by atoms with van der Waals surface area (Å²) in [6, 6.07) is 6.44. The summed E-state index contributed by atoms with van der Waals surface area (Å²) < 4.78 is 13.7. The van der Waals surface area contributed by atoms with Gasteiger partial charge in [0.15, 0.2) is 0 Å². The zero-order valence-corrected chi connectivity index (χ0v) is 13.6. The van der Waals surface area contributed by atoms with Gasteiger partial charge in [0.25, 0.3) is 0 Å². The summed E-state index contributed by atoms with van der Waals surface area (Å²) in [6.07, 6.45) is 1.63. The first kappa shape index (κ1) is 16.9. The summed E-state index contributed by atoms with van der Waals surface area (Å²) in [6.45, 7) is 1.30. The minimum absolute atomic E-state index is 0.0945. The number of piperidine rings is 2. The number of carbonyl (C=O) groups is 2. The van der Waals surface area contributed by atoms with E-state index in [2.05, 4.69) is 5.32 Å². The second-order valence-corrected chi connectivity index (χ2v) is 6.73. The summed E-state index contributed by atoms with van der Waals surface area (Å²) in [4.78, 5) is 26.5. The van der Waals surface area contributed by atoms with Crippen molar-refractivity contribution >= 4 is 11.8 Å². The zero-order valence-electron chi connectivity index (χ0n) is 13.6. The minimum Gasteiger partial charge on any atom is -0.392 e. The van der Waals surface area contributed by atoms with E-state index in [1.165, 1.54) is 6.07 Å². The van der Waals surface area contributed by atoms with Gasteiger partial charge in [-0.2, -0.15) is 0 Å². The van der Waals surface area contributed by atoms with Crippen LogP contribution < -0.4 is 5.32 Å². The average Bonchev–Trinajstić information content (AvgIpc) is 2.59. The monoisotopic (exact) mass is 334 g/mol. The highest BCUT2D eigenvalue weighted by Gasteiger charge is 2.50. The molecule has 0 bridgehead atoms. The van der Waals surface area contributed by atoms with E-state index in [-0.39, 0.29) is 30.6 Å². The smallest absolute Gasteiger partial charge is 0.230 e. The van der Waals surface area contributed by atoms with Gasteiger partial charge in [0.2, 0.25) is 11.8 Å². The molecule has 0 unspecified atom stereocenters. The lowest BCUT2D eigenvalue weighted by atomic mass is 9.71. The third-order valence-corrected chi connectivity index (χ3v) is 5.24. The summed E-state index contributed by atoms with van der Waals surface area (Å²) in [5.41, 5.74) is -0.363. The Morgan fingerprint density at radius 3 is 2.96 bits per heavy atom. The van der Waals surface area contributed by atoms with Crippen LogP contribution in [0.4, 0.5) is 4.39 Å². The molecule has 2 saturated heterocycles. The van der Waals surface area contributed by atoms with Gasteiger partial charge in [-0.1, -0.05) is 18.2 Å². The Hall–Kier alpha value is -1.95. The van der Waals surface area contributed by atoms with Crippen LogP contribution in [0.15, 0.2) is 24.3 Å². The Morgan fingerprint density at radius 1 is 1.42 bits per heavy atom. The number of aryl methyl sites for hydroxylation is 1. The van der Waals surface area contributed by atoms with E-state index in [9.17, 15) is 19.1 Å². The molecule has 2 aliphatic rings. The number of likely N-dealkylation sites (tertiary alicyclic amines) is 1. The third kappa shape index (κ3) is 3.15. The van der Waals surface area contributed by atoms with E-state index in [0.29, 0.717) is 37.9 Å². The Kier molecular flexibility index (Phi) is 4.85. The second kappa shape index (κ2) is 6.89. The number of amides is 2. The maximum Gasteiger partial charge on any atom is 0.230 e. The topological polar surface area (TPSA) is 69.6 Å². The van der Waals surface area contributed by atoms with E-state index in [1.54, 1.807) is 23.1 Å². The molecule has 1 aromatic rings. The highest BCUT2D eigenvalue weighted by Crippen LogP contribution is 2.37. The number of halogens is 1. The fourth-order valence-corrected chi connectivity index (χ4v) is 3.76. The van der Waals surface area contributed by atoms with Gasteiger partial charge < -0.3 is 15.3 Å². The number of hydrogen-bond donors (Lipinski definition) is 2. The fourth-order valence-electron chi connectivity index (χ4n) is 3.76. The van der Waals surface area contributed by atoms with Crippen LogP contribution in [0, 0.1) is 11.2 Å². The first-order valence-electron chi connectivity index (χ1n) is 8.50. The molecule has 3 rings (SSSR count). The number of benzene rings is 1. The van der Waals surface area contributed by atoms with Crippen molar-refractivity contribution in [2.75, 3.05) is 19.6 Å². The van der Waals surface area contributed by atoms with Crippen LogP contribution in [-0.4, -0.2) is 47.6 Å². The fraction of sp³-hybridized carbons (Fsp3) is 0.556. The van der Waals surface area contributed by atoms with Crippen molar-refractivity contribution in [3.8, 4) is 0 Å². The van der Waals surface area contributed by atoms with Crippen molar-refractivity contribution in [2.45, 2.75) is 38.2 Å². The van der Waals surface area contributed by atoms with Crippen LogP contribution in [-0.2, 0) is 16.0 Å². The van der Waals surface area contributed by atoms with Crippen LogP contribution in [0.1, 0.15) is 31.2 Å². The van der Waals surface area contributed by atoms with E-state index >= 15 is 0 Å². The Labute approximate surface area is 140 Å². The van der Waals surface area contributed by atoms with Gasteiger partial charge in [-0.25, -0.2) is 4.39 Å². The number of nitrogens with zero attached hydrogens (tertiary/aromatic N) is 1. The summed E-state index contributed by atoms with van der Waals surface area (Å²) in [7, 11) is 0. The molecule has 0 aliphatic carbocycles. The molecule has 0 radical (unpaired) electrons. The van der Waals surface area contributed by atoms with E-state index in [4.69, 9.17) is 0 Å². The molecule has 0 aromatic heterocycles. The van der Waals surface area contributed by atoms with Crippen LogP contribution in [0.2, 0.25) is 0 Å². The standard InChI is InChI=1S/C18H23FN2O3/c19-14-5-2-1-4-13(14)6-7-16(23)21-11-8-15(22)18(12-21)9-3-10-20-17(18)24/h1-2,4-5,15,22H,3,6-12H2,(H,20,24)/t15-,18+/m0/s1. The Balaban J connectivity index is 1.65. The van der Waals surface area contributed by atoms with Gasteiger partial charge in [0.05, 0.1) is 11.5 Å². The zero-order chi connectivity index (χ0) is 17.2. The summed E-state index contributed by atoms with van der Waals surface area (Å²) in [5.74, 6) is -0.557. The summed E-state index contributed by atoms with van der Waals surface area (Å²) in [5, 5.41) is 13.2. The van der Waals surface area contributed by atoms with E-state index in [0.717, 1.165) is 6.42 Å². The second-order valence-electron chi connectivity index (χ2n) is 6.73. The quantitative estimate of drug-likeness (QED) is 0.874. The van der Waals surface area contributed by atoms with Crippen molar-refractivity contribution in [1.82, 2.24) is 10.2 Å². The first-order chi connectivity index (χ1) is 11.5. The molecule has 2 amide bonds. The van der Waals surface area contributed by atoms with E-state index in [1.807, 2.05) is 0 Å². The van der Waals surface area contributed by atoms with Crippen LogP contribution in [0.25, 0.3) is 0 Å². The first-order valence-corrected chi connectivity index (χ1v) is 8.50. The summed E-state index contributed by atoms with van der Waals surface area (Å²) >= 11 is 0. The van der Waals surface area contributed by atoms with Gasteiger partial charge in [-0.15, -0.1) is 0 Å². The number of nitrogens with one attached hydrogen (secondary N) is 1. The highest BCUT2D eigenvalue weighted by atomic mass is 19.1. The minimum atomic E-state index is -0.885. The molecule has 2 atom stereocenters. The SMILES string of the molecule is O=C(CCc1ccccc1F)N1CC[C@H](O)[C@@]2(CCCNC2=O)C1. The van der Waals surface area contributed by atoms with E-state index < -0.39 is 11.5 Å². The number of aliphatic hydroxyl groups is 1. The lowest BCUT2D eigenvalue weighted by molar-refractivity contribution is -0.154. The predicted octanol–water partition coefficient (Wildman–Crippen LogP) is 1.25. The van der Waals surface area contributed by atoms with Gasteiger partial charge in [0, 0.05) is 26.1 Å². The molecule has 0 saturated carbocycles. The predicted molar refractivity (Wildman–Crippen MR) is 86.6 cm³/mol. The third-order valence-electron chi connectivity index (χ3n) is 5.24. The molecule has 24 heavy (non-hydrogen) atoms. The highest BCUT2D eigenvalue weighted by molar-refractivity contribution is 5.86. The lowest BCUT2D eigenvalue weighted by Crippen LogP contribution is -2.62. The van der Waals surface area contributed by atoms with Crippen molar-refractivity contribution in [3.05, 3.63) is 35.6 Å². The maximum absolute atomic E-state index is 13.7. The average molecular weight is 334 g/mol.